The molecule has 2 saturated heterocycles. The summed E-state index contributed by atoms with van der Waals surface area (Å²) in [6.45, 7) is 2.74. The number of carbonyl (C=O) groups is 5. The summed E-state index contributed by atoms with van der Waals surface area (Å²) in [5, 5.41) is 27.1. The lowest BCUT2D eigenvalue weighted by atomic mass is 9.65. The molecule has 4 amide bonds. The summed E-state index contributed by atoms with van der Waals surface area (Å²) in [6.07, 6.45) is -2.20. The van der Waals surface area contributed by atoms with E-state index in [0.29, 0.717) is 44.9 Å². The monoisotopic (exact) mass is 996 g/mol. The van der Waals surface area contributed by atoms with Crippen LogP contribution in [0.4, 0.5) is 10.5 Å². The molecule has 0 aromatic heterocycles. The molecule has 0 unspecified atom stereocenters. The van der Waals surface area contributed by atoms with Crippen LogP contribution in [0.5, 0.6) is 11.5 Å². The molecule has 8 atom stereocenters. The van der Waals surface area contributed by atoms with Crippen LogP contribution in [0.2, 0.25) is 0 Å². The number of hydrogen-bond donors (Lipinski definition) is 4. The summed E-state index contributed by atoms with van der Waals surface area (Å²) < 4.78 is 23.1. The number of morpholine rings is 1. The number of benzene rings is 6. The summed E-state index contributed by atoms with van der Waals surface area (Å²) >= 11 is 0. The van der Waals surface area contributed by atoms with Gasteiger partial charge in [0.2, 0.25) is 11.8 Å². The Bertz CT molecular complexity index is 3090. The summed E-state index contributed by atoms with van der Waals surface area (Å²) in [7, 11) is 2.76. The van der Waals surface area contributed by atoms with E-state index in [0.717, 1.165) is 4.90 Å². The fourth-order valence-electron chi connectivity index (χ4n) is 10.7. The topological polar surface area (TPSA) is 193 Å². The number of fused-ring (bicyclic) bond motifs is 3. The van der Waals surface area contributed by atoms with Crippen molar-refractivity contribution in [2.24, 2.45) is 11.8 Å². The molecule has 3 heterocycles. The highest BCUT2D eigenvalue weighted by molar-refractivity contribution is 6.25. The molecule has 3 aliphatic heterocycles. The van der Waals surface area contributed by atoms with Crippen molar-refractivity contribution >= 4 is 35.5 Å². The molecule has 6 aromatic carbocycles. The van der Waals surface area contributed by atoms with E-state index in [9.17, 15) is 15.0 Å². The summed E-state index contributed by atoms with van der Waals surface area (Å²) in [4.78, 5) is 79.5. The maximum atomic E-state index is 16.8. The van der Waals surface area contributed by atoms with Crippen LogP contribution in [0.3, 0.4) is 0 Å². The van der Waals surface area contributed by atoms with Gasteiger partial charge in [-0.2, -0.15) is 0 Å². The molecule has 74 heavy (non-hydrogen) atoms. The van der Waals surface area contributed by atoms with Crippen LogP contribution in [0.1, 0.15) is 77.1 Å². The number of cyclic esters (lactones) is 1. The molecule has 0 aliphatic carbocycles. The Labute approximate surface area is 429 Å². The number of amides is 4. The Balaban J connectivity index is 1.35. The van der Waals surface area contributed by atoms with E-state index >= 15 is 19.2 Å². The van der Waals surface area contributed by atoms with Crippen LogP contribution in [-0.4, -0.2) is 91.0 Å². The SMILES string of the molecule is COC(=O)[C@@H](NC(=O)N1C(=O)[C@@]2(c3cc(C#Cc4ccc(OC)cc4)ccc31)[C@H](C(=O)NC[C@H](O)c1ccccc1)[C@H]1C(=O)O[C@H](c3ccccc3)[C@H](c3ccccc3)N1[C@@H]2c1cccc(OCCO)c1)C(C)C. The number of aliphatic hydroxyl groups excluding tert-OH is 2. The summed E-state index contributed by atoms with van der Waals surface area (Å²) in [5.74, 6) is 1.93. The highest BCUT2D eigenvalue weighted by Crippen LogP contribution is 2.66. The molecule has 0 saturated carbocycles. The number of imide groups is 1. The van der Waals surface area contributed by atoms with Crippen molar-refractivity contribution in [2.45, 2.75) is 55.6 Å². The van der Waals surface area contributed by atoms with Gasteiger partial charge in [0.1, 0.15) is 41.7 Å². The van der Waals surface area contributed by atoms with Crippen LogP contribution >= 0.6 is 0 Å². The van der Waals surface area contributed by atoms with Crippen molar-refractivity contribution in [2.75, 3.05) is 38.9 Å². The molecular weight excluding hydrogens is 941 g/mol. The van der Waals surface area contributed by atoms with Crippen molar-refractivity contribution in [3.8, 4) is 23.3 Å². The number of hydrogen-bond acceptors (Lipinski definition) is 12. The van der Waals surface area contributed by atoms with Gasteiger partial charge in [0.05, 0.1) is 50.6 Å². The van der Waals surface area contributed by atoms with Gasteiger partial charge in [0, 0.05) is 17.7 Å². The van der Waals surface area contributed by atoms with Gasteiger partial charge in [0.25, 0.3) is 0 Å². The van der Waals surface area contributed by atoms with Crippen LogP contribution in [0, 0.1) is 23.7 Å². The molecule has 0 radical (unpaired) electrons. The summed E-state index contributed by atoms with van der Waals surface area (Å²) in [5.41, 5.74) is 1.33. The number of nitrogens with zero attached hydrogens (tertiary/aromatic N) is 2. The number of ether oxygens (including phenoxy) is 4. The van der Waals surface area contributed by atoms with Gasteiger partial charge < -0.3 is 39.8 Å². The normalized spacial score (nSPS) is 21.6. The van der Waals surface area contributed by atoms with E-state index < -0.39 is 83.4 Å². The quantitative estimate of drug-likeness (QED) is 0.0654. The largest absolute Gasteiger partial charge is 0.497 e. The molecule has 15 heteroatoms. The highest BCUT2D eigenvalue weighted by atomic mass is 16.6. The second-order valence-electron chi connectivity index (χ2n) is 18.6. The predicted molar refractivity (Wildman–Crippen MR) is 274 cm³/mol. The Kier molecular flexibility index (Phi) is 14.9. The number of methoxy groups -OCH3 is 2. The van der Waals surface area contributed by atoms with Crippen LogP contribution in [0.25, 0.3) is 0 Å². The second-order valence-corrected chi connectivity index (χ2v) is 18.6. The first-order chi connectivity index (χ1) is 35.9. The van der Waals surface area contributed by atoms with Crippen LogP contribution in [-0.2, 0) is 34.1 Å². The number of nitrogens with one attached hydrogen (secondary N) is 2. The fraction of sp³-hybridized carbons (Fsp3) is 0.271. The average Bonchev–Trinajstić information content (AvgIpc) is 3.89. The Morgan fingerprint density at radius 1 is 0.743 bits per heavy atom. The number of aliphatic hydroxyl groups is 2. The molecule has 2 fully saturated rings. The molecule has 3 aliphatic rings. The molecule has 9 rings (SSSR count). The first kappa shape index (κ1) is 50.6. The van der Waals surface area contributed by atoms with E-state index in [1.807, 2.05) is 65.6 Å². The number of anilines is 1. The molecule has 378 valence electrons. The zero-order chi connectivity index (χ0) is 52.1. The lowest BCUT2D eigenvalue weighted by Crippen LogP contribution is -2.58. The fourth-order valence-corrected chi connectivity index (χ4v) is 10.7. The van der Waals surface area contributed by atoms with Crippen molar-refractivity contribution in [1.29, 1.82) is 0 Å². The molecular formula is C59H56N4O11. The Morgan fingerprint density at radius 2 is 1.38 bits per heavy atom. The summed E-state index contributed by atoms with van der Waals surface area (Å²) in [6, 6.07) is 40.3. The van der Waals surface area contributed by atoms with Crippen molar-refractivity contribution in [1.82, 2.24) is 15.5 Å². The standard InChI is InChI=1S/C59H56N4O11/c1-36(2)49(55(67)72-4)61-58(70)62-46-30-27-38(24-23-37-25-28-43(71-3)29-26-37)33-45(46)59(57(62)69)48(54(66)60-35-47(65)39-15-8-5-9-16-39)51-56(68)74-52(41-19-12-7-13-20-41)50(40-17-10-6-11-18-40)63(51)53(59)42-21-14-22-44(34-42)73-32-31-64/h5-22,25-30,33-34,36,47-53,64-65H,31-32,35H2,1-4H3,(H,60,66)(H,61,70)/t47-,48-,49-,50-,51-,52+,53+,59-/m0/s1. The third-order valence-electron chi connectivity index (χ3n) is 14.0. The van der Waals surface area contributed by atoms with E-state index in [4.69, 9.17) is 18.9 Å². The second kappa shape index (κ2) is 21.8. The first-order valence-corrected chi connectivity index (χ1v) is 24.4. The Hall–Kier alpha value is -8.29. The van der Waals surface area contributed by atoms with E-state index in [1.165, 1.54) is 7.11 Å². The zero-order valence-corrected chi connectivity index (χ0v) is 41.2. The number of rotatable bonds is 14. The first-order valence-electron chi connectivity index (χ1n) is 24.4. The maximum absolute atomic E-state index is 16.8. The predicted octanol–water partition coefficient (Wildman–Crippen LogP) is 6.89. The minimum atomic E-state index is -2.21. The van der Waals surface area contributed by atoms with Crippen LogP contribution < -0.4 is 25.0 Å². The number of urea groups is 1. The van der Waals surface area contributed by atoms with E-state index in [1.54, 1.807) is 118 Å². The minimum absolute atomic E-state index is 0.0683. The smallest absolute Gasteiger partial charge is 0.329 e. The third-order valence-corrected chi connectivity index (χ3v) is 14.0. The van der Waals surface area contributed by atoms with Crippen LogP contribution in [0.15, 0.2) is 158 Å². The minimum Gasteiger partial charge on any atom is -0.497 e. The zero-order valence-electron chi connectivity index (χ0n) is 41.2. The third kappa shape index (κ3) is 9.46. The number of carbonyl (C=O) groups excluding carboxylic acids is 5. The lowest BCUT2D eigenvalue weighted by Gasteiger charge is -2.46. The van der Waals surface area contributed by atoms with Gasteiger partial charge >= 0.3 is 18.0 Å². The van der Waals surface area contributed by atoms with Gasteiger partial charge in [0.15, 0.2) is 0 Å². The van der Waals surface area contributed by atoms with Crippen molar-refractivity contribution < 1.29 is 53.1 Å². The molecule has 0 bridgehead atoms. The number of esters is 2. The van der Waals surface area contributed by atoms with Gasteiger partial charge in [-0.05, 0) is 88.3 Å². The van der Waals surface area contributed by atoms with Crippen molar-refractivity contribution in [3.05, 3.63) is 197 Å². The highest BCUT2D eigenvalue weighted by Gasteiger charge is 2.75. The average molecular weight is 997 g/mol. The van der Waals surface area contributed by atoms with E-state index in [2.05, 4.69) is 22.5 Å². The van der Waals surface area contributed by atoms with Gasteiger partial charge in [-0.15, -0.1) is 0 Å². The van der Waals surface area contributed by atoms with E-state index in [-0.39, 0.29) is 31.0 Å². The molecule has 15 nitrogen and oxygen atoms in total. The molecule has 6 aromatic rings. The molecule has 4 N–H and O–H groups in total. The Morgan fingerprint density at radius 3 is 2.03 bits per heavy atom. The van der Waals surface area contributed by atoms with Gasteiger partial charge in [-0.1, -0.05) is 129 Å². The maximum Gasteiger partial charge on any atom is 0.329 e. The van der Waals surface area contributed by atoms with Crippen molar-refractivity contribution in [3.63, 3.8) is 0 Å². The van der Waals surface area contributed by atoms with Gasteiger partial charge in [-0.3, -0.25) is 19.3 Å². The van der Waals surface area contributed by atoms with Gasteiger partial charge in [-0.25, -0.2) is 14.5 Å². The molecule has 1 spiro atoms. The lowest BCUT2D eigenvalue weighted by molar-refractivity contribution is -0.178.